The summed E-state index contributed by atoms with van der Waals surface area (Å²) in [6.45, 7) is 3.49. The second-order valence-electron chi connectivity index (χ2n) is 6.39. The largest absolute Gasteiger partial charge is 0.489 e. The number of ether oxygens (including phenoxy) is 1. The van der Waals surface area contributed by atoms with Crippen LogP contribution in [0.4, 0.5) is 0 Å². The van der Waals surface area contributed by atoms with Crippen molar-refractivity contribution < 1.29 is 4.74 Å². The quantitative estimate of drug-likeness (QED) is 0.780. The molecule has 0 atom stereocenters. The number of halogens is 1. The van der Waals surface area contributed by atoms with Crippen LogP contribution in [-0.4, -0.2) is 6.04 Å². The van der Waals surface area contributed by atoms with Crippen molar-refractivity contribution in [3.63, 3.8) is 0 Å². The van der Waals surface area contributed by atoms with Crippen molar-refractivity contribution in [1.82, 2.24) is 5.32 Å². The van der Waals surface area contributed by atoms with Gasteiger partial charge in [-0.2, -0.15) is 0 Å². The van der Waals surface area contributed by atoms with Crippen molar-refractivity contribution in [3.8, 4) is 5.75 Å². The van der Waals surface area contributed by atoms with Gasteiger partial charge < -0.3 is 10.1 Å². The van der Waals surface area contributed by atoms with Gasteiger partial charge in [-0.25, -0.2) is 0 Å². The molecule has 1 aliphatic carbocycles. The molecule has 0 spiro atoms. The molecule has 0 radical (unpaired) electrons. The molecule has 1 N–H and O–H groups in total. The van der Waals surface area contributed by atoms with Gasteiger partial charge in [0.25, 0.3) is 0 Å². The summed E-state index contributed by atoms with van der Waals surface area (Å²) in [4.78, 5) is 0. The van der Waals surface area contributed by atoms with Crippen LogP contribution in [0.15, 0.2) is 42.5 Å². The van der Waals surface area contributed by atoms with Crippen molar-refractivity contribution in [1.29, 1.82) is 0 Å². The smallest absolute Gasteiger partial charge is 0.124 e. The molecular formula is C20H24ClNO. The van der Waals surface area contributed by atoms with Crippen LogP contribution in [0.3, 0.4) is 0 Å². The molecular weight excluding hydrogens is 306 g/mol. The molecule has 2 nitrogen and oxygen atoms in total. The Bertz CT molecular complexity index is 633. The van der Waals surface area contributed by atoms with Gasteiger partial charge in [-0.15, -0.1) is 0 Å². The third-order valence-electron chi connectivity index (χ3n) is 4.47. The van der Waals surface area contributed by atoms with Gasteiger partial charge in [-0.1, -0.05) is 54.3 Å². The Morgan fingerprint density at radius 2 is 1.83 bits per heavy atom. The van der Waals surface area contributed by atoms with Crippen molar-refractivity contribution in [2.24, 2.45) is 0 Å². The highest BCUT2D eigenvalue weighted by Gasteiger charge is 2.15. The zero-order valence-corrected chi connectivity index (χ0v) is 14.4. The number of rotatable bonds is 6. The van der Waals surface area contributed by atoms with E-state index in [0.29, 0.717) is 12.6 Å². The summed E-state index contributed by atoms with van der Waals surface area (Å²) in [5, 5.41) is 4.39. The fraction of sp³-hybridized carbons (Fsp3) is 0.400. The van der Waals surface area contributed by atoms with E-state index >= 15 is 0 Å². The second kappa shape index (κ2) is 7.85. The summed E-state index contributed by atoms with van der Waals surface area (Å²) in [5.41, 5.74) is 3.58. The standard InChI is InChI=1S/C20H24ClNO/c1-15-6-8-16(9-7-15)14-23-20-11-10-18(21)12-17(20)13-22-19-4-2-3-5-19/h6-12,19,22H,2-5,13-14H2,1H3. The molecule has 1 fully saturated rings. The van der Waals surface area contributed by atoms with Gasteiger partial charge in [0.05, 0.1) is 0 Å². The van der Waals surface area contributed by atoms with Crippen LogP contribution in [0.5, 0.6) is 5.75 Å². The van der Waals surface area contributed by atoms with Crippen LogP contribution < -0.4 is 10.1 Å². The van der Waals surface area contributed by atoms with Gasteiger partial charge in [-0.05, 0) is 43.5 Å². The van der Waals surface area contributed by atoms with Crippen LogP contribution in [0.2, 0.25) is 5.02 Å². The molecule has 122 valence electrons. The Labute approximate surface area is 143 Å². The molecule has 0 aromatic heterocycles. The van der Waals surface area contributed by atoms with Crippen molar-refractivity contribution in [2.75, 3.05) is 0 Å². The number of benzene rings is 2. The molecule has 0 aliphatic heterocycles. The predicted octanol–water partition coefficient (Wildman–Crippen LogP) is 5.26. The van der Waals surface area contributed by atoms with Gasteiger partial charge in [0.2, 0.25) is 0 Å². The fourth-order valence-corrected chi connectivity index (χ4v) is 3.25. The molecule has 1 aliphatic rings. The summed E-state index contributed by atoms with van der Waals surface area (Å²) in [6, 6.07) is 15.0. The Kier molecular flexibility index (Phi) is 5.58. The van der Waals surface area contributed by atoms with Crippen molar-refractivity contribution in [2.45, 2.75) is 51.8 Å². The Morgan fingerprint density at radius 3 is 2.57 bits per heavy atom. The predicted molar refractivity (Wildman–Crippen MR) is 96.1 cm³/mol. The second-order valence-corrected chi connectivity index (χ2v) is 6.83. The van der Waals surface area contributed by atoms with Gasteiger partial charge in [0.15, 0.2) is 0 Å². The third-order valence-corrected chi connectivity index (χ3v) is 4.71. The van der Waals surface area contributed by atoms with E-state index in [1.54, 1.807) is 0 Å². The van der Waals surface area contributed by atoms with Gasteiger partial charge in [0, 0.05) is 23.2 Å². The lowest BCUT2D eigenvalue weighted by atomic mass is 10.1. The minimum atomic E-state index is 0.582. The summed E-state index contributed by atoms with van der Waals surface area (Å²) >= 11 is 6.16. The third kappa shape index (κ3) is 4.73. The zero-order valence-electron chi connectivity index (χ0n) is 13.6. The average molecular weight is 330 g/mol. The van der Waals surface area contributed by atoms with E-state index in [9.17, 15) is 0 Å². The molecule has 3 rings (SSSR count). The van der Waals surface area contributed by atoms with Crippen LogP contribution in [0.25, 0.3) is 0 Å². The van der Waals surface area contributed by atoms with E-state index in [0.717, 1.165) is 22.9 Å². The minimum absolute atomic E-state index is 0.582. The average Bonchev–Trinajstić information content (AvgIpc) is 3.07. The highest BCUT2D eigenvalue weighted by atomic mass is 35.5. The molecule has 1 saturated carbocycles. The Hall–Kier alpha value is -1.51. The fourth-order valence-electron chi connectivity index (χ4n) is 3.06. The molecule has 23 heavy (non-hydrogen) atoms. The Balaban J connectivity index is 1.64. The topological polar surface area (TPSA) is 21.3 Å². The lowest BCUT2D eigenvalue weighted by Gasteiger charge is -2.16. The van der Waals surface area contributed by atoms with Crippen molar-refractivity contribution in [3.05, 3.63) is 64.2 Å². The molecule has 2 aromatic rings. The highest BCUT2D eigenvalue weighted by molar-refractivity contribution is 6.30. The van der Waals surface area contributed by atoms with E-state index in [1.165, 1.54) is 36.8 Å². The van der Waals surface area contributed by atoms with Gasteiger partial charge >= 0.3 is 0 Å². The molecule has 0 bridgehead atoms. The first-order valence-corrected chi connectivity index (χ1v) is 8.78. The lowest BCUT2D eigenvalue weighted by Crippen LogP contribution is -2.25. The molecule has 0 heterocycles. The van der Waals surface area contributed by atoms with Gasteiger partial charge in [-0.3, -0.25) is 0 Å². The van der Waals surface area contributed by atoms with E-state index < -0.39 is 0 Å². The first-order valence-electron chi connectivity index (χ1n) is 8.41. The summed E-state index contributed by atoms with van der Waals surface area (Å²) in [6.07, 6.45) is 5.23. The normalized spacial score (nSPS) is 15.0. The van der Waals surface area contributed by atoms with Crippen LogP contribution in [0.1, 0.15) is 42.4 Å². The summed E-state index contributed by atoms with van der Waals surface area (Å²) in [7, 11) is 0. The van der Waals surface area contributed by atoms with E-state index in [4.69, 9.17) is 16.3 Å². The molecule has 3 heteroatoms. The van der Waals surface area contributed by atoms with Crippen molar-refractivity contribution >= 4 is 11.6 Å². The SMILES string of the molecule is Cc1ccc(COc2ccc(Cl)cc2CNC2CCCC2)cc1. The maximum absolute atomic E-state index is 6.16. The Morgan fingerprint density at radius 1 is 1.09 bits per heavy atom. The first kappa shape index (κ1) is 16.4. The van der Waals surface area contributed by atoms with Crippen LogP contribution in [0, 0.1) is 6.92 Å². The van der Waals surface area contributed by atoms with Crippen LogP contribution >= 0.6 is 11.6 Å². The van der Waals surface area contributed by atoms with Gasteiger partial charge in [0.1, 0.15) is 12.4 Å². The highest BCUT2D eigenvalue weighted by Crippen LogP contribution is 2.25. The molecule has 0 saturated heterocycles. The monoisotopic (exact) mass is 329 g/mol. The van der Waals surface area contributed by atoms with E-state index in [1.807, 2.05) is 18.2 Å². The number of nitrogens with one attached hydrogen (secondary N) is 1. The number of hydrogen-bond donors (Lipinski definition) is 1. The summed E-state index contributed by atoms with van der Waals surface area (Å²) in [5.74, 6) is 0.917. The number of hydrogen-bond acceptors (Lipinski definition) is 2. The lowest BCUT2D eigenvalue weighted by molar-refractivity contribution is 0.301. The molecule has 0 unspecified atom stereocenters. The maximum Gasteiger partial charge on any atom is 0.124 e. The maximum atomic E-state index is 6.16. The molecule has 0 amide bonds. The zero-order chi connectivity index (χ0) is 16.1. The minimum Gasteiger partial charge on any atom is -0.489 e. The molecule has 2 aromatic carbocycles. The first-order chi connectivity index (χ1) is 11.2. The van der Waals surface area contributed by atoms with Crippen LogP contribution in [-0.2, 0) is 13.2 Å². The summed E-state index contributed by atoms with van der Waals surface area (Å²) < 4.78 is 6.03. The van der Waals surface area contributed by atoms with E-state index in [2.05, 4.69) is 36.5 Å². The van der Waals surface area contributed by atoms with E-state index in [-0.39, 0.29) is 0 Å². The number of aryl methyl sites for hydroxylation is 1.